The molecule has 1 N–H and O–H groups in total. The third kappa shape index (κ3) is 3.12. The van der Waals surface area contributed by atoms with Gasteiger partial charge >= 0.3 is 0 Å². The maximum atomic E-state index is 4.77. The summed E-state index contributed by atoms with van der Waals surface area (Å²) >= 11 is 4.71. The average Bonchev–Trinajstić information content (AvgIpc) is 3.27. The lowest BCUT2D eigenvalue weighted by Gasteiger charge is -2.05. The van der Waals surface area contributed by atoms with Crippen molar-refractivity contribution in [2.75, 3.05) is 11.9 Å². The molecule has 4 aromatic rings. The Bertz CT molecular complexity index is 965. The van der Waals surface area contributed by atoms with Gasteiger partial charge in [0.1, 0.15) is 5.03 Å². The van der Waals surface area contributed by atoms with E-state index in [1.807, 2.05) is 48.7 Å². The molecular weight excluding hydrogens is 358 g/mol. The summed E-state index contributed by atoms with van der Waals surface area (Å²) < 4.78 is 0.868. The van der Waals surface area contributed by atoms with Crippen LogP contribution in [0.4, 0.5) is 5.13 Å². The fourth-order valence-electron chi connectivity index (χ4n) is 2.20. The number of thiophene rings is 1. The number of para-hydroxylation sites is 1. The summed E-state index contributed by atoms with van der Waals surface area (Å²) in [5.41, 5.74) is 0.940. The minimum atomic E-state index is 0.752. The zero-order valence-electron chi connectivity index (χ0n) is 12.8. The van der Waals surface area contributed by atoms with Gasteiger partial charge in [-0.25, -0.2) is 9.97 Å². The monoisotopic (exact) mass is 371 g/mol. The summed E-state index contributed by atoms with van der Waals surface area (Å²) in [7, 11) is 0. The Hall–Kier alpha value is -2.03. The Morgan fingerprint density at radius 2 is 2.00 bits per heavy atom. The molecule has 120 valence electrons. The van der Waals surface area contributed by atoms with Crippen molar-refractivity contribution in [3.05, 3.63) is 41.8 Å². The van der Waals surface area contributed by atoms with E-state index in [9.17, 15) is 0 Å². The Balaban J connectivity index is 1.77. The first-order chi connectivity index (χ1) is 11.8. The number of hydrogen-bond donors (Lipinski definition) is 1. The van der Waals surface area contributed by atoms with Gasteiger partial charge in [-0.15, -0.1) is 21.5 Å². The first-order valence-electron chi connectivity index (χ1n) is 7.39. The molecule has 0 atom stereocenters. The van der Waals surface area contributed by atoms with Crippen LogP contribution in [0.25, 0.3) is 21.6 Å². The Kier molecular flexibility index (Phi) is 4.42. The summed E-state index contributed by atoms with van der Waals surface area (Å²) in [4.78, 5) is 10.5. The fourth-order valence-corrected chi connectivity index (χ4v) is 4.70. The van der Waals surface area contributed by atoms with Crippen LogP contribution < -0.4 is 5.32 Å². The maximum absolute atomic E-state index is 4.77. The van der Waals surface area contributed by atoms with E-state index < -0.39 is 0 Å². The minimum absolute atomic E-state index is 0.752. The smallest absolute Gasteiger partial charge is 0.206 e. The number of anilines is 1. The van der Waals surface area contributed by atoms with Crippen LogP contribution in [0.15, 0.2) is 51.1 Å². The van der Waals surface area contributed by atoms with Crippen LogP contribution in [-0.2, 0) is 0 Å². The van der Waals surface area contributed by atoms with E-state index >= 15 is 0 Å². The van der Waals surface area contributed by atoms with Crippen molar-refractivity contribution in [2.24, 2.45) is 0 Å². The Labute approximate surface area is 151 Å². The summed E-state index contributed by atoms with van der Waals surface area (Å²) in [5.74, 6) is 0.752. The third-order valence-electron chi connectivity index (χ3n) is 3.23. The van der Waals surface area contributed by atoms with E-state index in [4.69, 9.17) is 9.97 Å². The number of nitrogens with zero attached hydrogens (tertiary/aromatic N) is 4. The van der Waals surface area contributed by atoms with Crippen molar-refractivity contribution < 1.29 is 0 Å². The fraction of sp³-hybridized carbons (Fsp3) is 0.125. The van der Waals surface area contributed by atoms with Crippen molar-refractivity contribution in [2.45, 2.75) is 16.3 Å². The molecule has 4 rings (SSSR count). The van der Waals surface area contributed by atoms with Gasteiger partial charge in [-0.2, -0.15) is 0 Å². The lowest BCUT2D eigenvalue weighted by molar-refractivity contribution is 0.998. The van der Waals surface area contributed by atoms with Crippen molar-refractivity contribution in [1.29, 1.82) is 0 Å². The molecule has 0 radical (unpaired) electrons. The summed E-state index contributed by atoms with van der Waals surface area (Å²) in [6.45, 7) is 2.87. The predicted molar refractivity (Wildman–Crippen MR) is 101 cm³/mol. The van der Waals surface area contributed by atoms with Gasteiger partial charge in [0, 0.05) is 11.9 Å². The zero-order chi connectivity index (χ0) is 16.4. The SMILES string of the molecule is CCNc1nnc(Sc2nc(-c3cccs3)nc3ccccc23)s1. The molecule has 0 bridgehead atoms. The molecule has 0 unspecified atom stereocenters. The number of benzene rings is 1. The highest BCUT2D eigenvalue weighted by Crippen LogP contribution is 2.36. The van der Waals surface area contributed by atoms with Crippen LogP contribution in [-0.4, -0.2) is 26.7 Å². The van der Waals surface area contributed by atoms with Crippen molar-refractivity contribution in [3.8, 4) is 10.7 Å². The normalized spacial score (nSPS) is 11.0. The zero-order valence-corrected chi connectivity index (χ0v) is 15.2. The molecule has 0 aliphatic heterocycles. The van der Waals surface area contributed by atoms with Gasteiger partial charge < -0.3 is 5.32 Å². The quantitative estimate of drug-likeness (QED) is 0.509. The molecule has 3 heterocycles. The van der Waals surface area contributed by atoms with E-state index in [1.165, 1.54) is 23.1 Å². The van der Waals surface area contributed by atoms with E-state index in [-0.39, 0.29) is 0 Å². The van der Waals surface area contributed by atoms with Crippen molar-refractivity contribution >= 4 is 50.5 Å². The number of nitrogens with one attached hydrogen (secondary N) is 1. The van der Waals surface area contributed by atoms with E-state index in [2.05, 4.69) is 15.5 Å². The highest BCUT2D eigenvalue weighted by Gasteiger charge is 2.13. The standard InChI is InChI=1S/C16H13N5S3/c1-2-17-15-20-21-16(24-15)23-14-10-6-3-4-7-11(10)18-13(19-14)12-8-5-9-22-12/h3-9H,2H2,1H3,(H,17,20). The molecule has 0 saturated carbocycles. The lowest BCUT2D eigenvalue weighted by Crippen LogP contribution is -1.94. The van der Waals surface area contributed by atoms with Gasteiger partial charge in [0.2, 0.25) is 5.13 Å². The first-order valence-corrected chi connectivity index (χ1v) is 9.90. The lowest BCUT2D eigenvalue weighted by atomic mass is 10.2. The predicted octanol–water partition coefficient (Wildman–Crippen LogP) is 4.79. The van der Waals surface area contributed by atoms with E-state index in [0.29, 0.717) is 0 Å². The molecule has 0 spiro atoms. The average molecular weight is 372 g/mol. The molecule has 24 heavy (non-hydrogen) atoms. The molecule has 0 aliphatic rings. The Morgan fingerprint density at radius 3 is 2.83 bits per heavy atom. The van der Waals surface area contributed by atoms with Crippen LogP contribution >= 0.6 is 34.4 Å². The number of rotatable bonds is 5. The molecular formula is C16H13N5S3. The third-order valence-corrected chi connectivity index (χ3v) is 6.03. The van der Waals surface area contributed by atoms with Gasteiger partial charge in [0.25, 0.3) is 0 Å². The van der Waals surface area contributed by atoms with Crippen LogP contribution in [0.2, 0.25) is 0 Å². The number of aromatic nitrogens is 4. The van der Waals surface area contributed by atoms with Crippen LogP contribution in [0, 0.1) is 0 Å². The molecule has 0 aliphatic carbocycles. The highest BCUT2D eigenvalue weighted by molar-refractivity contribution is 8.01. The molecule has 0 fully saturated rings. The maximum Gasteiger partial charge on any atom is 0.206 e. The molecule has 3 aromatic heterocycles. The Morgan fingerprint density at radius 1 is 1.08 bits per heavy atom. The minimum Gasteiger partial charge on any atom is -0.360 e. The van der Waals surface area contributed by atoms with Crippen LogP contribution in [0.3, 0.4) is 0 Å². The van der Waals surface area contributed by atoms with Crippen molar-refractivity contribution in [1.82, 2.24) is 20.2 Å². The van der Waals surface area contributed by atoms with Gasteiger partial charge in [-0.3, -0.25) is 0 Å². The van der Waals surface area contributed by atoms with Crippen LogP contribution in [0.5, 0.6) is 0 Å². The molecule has 0 amide bonds. The summed E-state index contributed by atoms with van der Waals surface area (Å²) in [6.07, 6.45) is 0. The number of hydrogen-bond acceptors (Lipinski definition) is 8. The van der Waals surface area contributed by atoms with E-state index in [1.54, 1.807) is 11.3 Å². The largest absolute Gasteiger partial charge is 0.360 e. The summed E-state index contributed by atoms with van der Waals surface area (Å²) in [5, 5.41) is 16.4. The highest BCUT2D eigenvalue weighted by atomic mass is 32.2. The molecule has 0 saturated heterocycles. The number of fused-ring (bicyclic) bond motifs is 1. The second kappa shape index (κ2) is 6.84. The van der Waals surface area contributed by atoms with Gasteiger partial charge in [0.05, 0.1) is 10.4 Å². The van der Waals surface area contributed by atoms with Gasteiger partial charge in [-0.1, -0.05) is 35.6 Å². The van der Waals surface area contributed by atoms with Crippen molar-refractivity contribution in [3.63, 3.8) is 0 Å². The second-order valence-corrected chi connectivity index (χ2v) is 8.01. The first kappa shape index (κ1) is 15.5. The molecule has 1 aromatic carbocycles. The summed E-state index contributed by atoms with van der Waals surface area (Å²) in [6, 6.07) is 12.1. The second-order valence-electron chi connectivity index (χ2n) is 4.85. The van der Waals surface area contributed by atoms with Crippen LogP contribution in [0.1, 0.15) is 6.92 Å². The van der Waals surface area contributed by atoms with E-state index in [0.717, 1.165) is 42.6 Å². The van der Waals surface area contributed by atoms with Gasteiger partial charge in [0.15, 0.2) is 10.2 Å². The topological polar surface area (TPSA) is 63.6 Å². The molecule has 5 nitrogen and oxygen atoms in total. The molecule has 8 heteroatoms. The van der Waals surface area contributed by atoms with Gasteiger partial charge in [-0.05, 0) is 36.2 Å².